The van der Waals surface area contributed by atoms with E-state index in [1.807, 2.05) is 17.5 Å². The summed E-state index contributed by atoms with van der Waals surface area (Å²) in [6, 6.07) is 9.81. The highest BCUT2D eigenvalue weighted by molar-refractivity contribution is 7.11. The van der Waals surface area contributed by atoms with Crippen LogP contribution in [0.3, 0.4) is 0 Å². The first-order valence-electron chi connectivity index (χ1n) is 6.49. The van der Waals surface area contributed by atoms with Gasteiger partial charge in [0.15, 0.2) is 0 Å². The van der Waals surface area contributed by atoms with Gasteiger partial charge in [-0.2, -0.15) is 0 Å². The topological polar surface area (TPSA) is 38.3 Å². The Morgan fingerprint density at radius 3 is 2.71 bits per heavy atom. The van der Waals surface area contributed by atoms with Crippen molar-refractivity contribution in [2.45, 2.75) is 0 Å². The highest BCUT2D eigenvalue weighted by Crippen LogP contribution is 2.23. The molecule has 1 amide bonds. The van der Waals surface area contributed by atoms with Crippen LogP contribution in [0.15, 0.2) is 41.8 Å². The molecule has 1 N–H and O–H groups in total. The zero-order chi connectivity index (χ0) is 15.1. The number of carbonyl (C=O) groups is 1. The maximum atomic E-state index is 12.9. The van der Waals surface area contributed by atoms with E-state index in [-0.39, 0.29) is 11.7 Å². The summed E-state index contributed by atoms with van der Waals surface area (Å²) in [5, 5.41) is 4.72. The molecule has 0 aliphatic heterocycles. The number of benzene rings is 1. The zero-order valence-electron chi connectivity index (χ0n) is 11.6. The van der Waals surface area contributed by atoms with Crippen LogP contribution in [-0.4, -0.2) is 26.2 Å². The fourth-order valence-electron chi connectivity index (χ4n) is 1.77. The molecule has 0 radical (unpaired) electrons. The van der Waals surface area contributed by atoms with E-state index >= 15 is 0 Å². The van der Waals surface area contributed by atoms with Gasteiger partial charge in [-0.25, -0.2) is 4.39 Å². The van der Waals surface area contributed by atoms with Crippen LogP contribution in [0.4, 0.5) is 4.39 Å². The van der Waals surface area contributed by atoms with Crippen molar-refractivity contribution in [3.8, 4) is 0 Å². The van der Waals surface area contributed by atoms with Crippen LogP contribution in [0.1, 0.15) is 10.4 Å². The van der Waals surface area contributed by atoms with E-state index < -0.39 is 0 Å². The van der Waals surface area contributed by atoms with Crippen molar-refractivity contribution < 1.29 is 13.9 Å². The largest absolute Gasteiger partial charge is 0.383 e. The highest BCUT2D eigenvalue weighted by Gasteiger charge is 2.12. The Kier molecular flexibility index (Phi) is 5.66. The van der Waals surface area contributed by atoms with Crippen molar-refractivity contribution in [1.29, 1.82) is 0 Å². The molecular formula is C16H16FNO2S. The van der Waals surface area contributed by atoms with Crippen molar-refractivity contribution in [2.24, 2.45) is 0 Å². The number of ether oxygens (including phenoxy) is 1. The van der Waals surface area contributed by atoms with Gasteiger partial charge in [0.1, 0.15) is 5.82 Å². The zero-order valence-corrected chi connectivity index (χ0v) is 12.5. The van der Waals surface area contributed by atoms with Gasteiger partial charge in [0.25, 0.3) is 5.91 Å². The van der Waals surface area contributed by atoms with Crippen LogP contribution in [0.25, 0.3) is 11.6 Å². The molecule has 0 atom stereocenters. The molecule has 2 aromatic rings. The summed E-state index contributed by atoms with van der Waals surface area (Å²) < 4.78 is 17.9. The molecule has 2 rings (SSSR count). The van der Waals surface area contributed by atoms with Crippen LogP contribution in [-0.2, 0) is 9.53 Å². The standard InChI is InChI=1S/C16H16FNO2S/c1-20-9-8-18-16(19)14(15-3-2-10-21-15)11-12-4-6-13(17)7-5-12/h2-7,10-11H,8-9H2,1H3,(H,18,19). The van der Waals surface area contributed by atoms with Crippen molar-refractivity contribution >= 4 is 28.9 Å². The number of halogens is 1. The Labute approximate surface area is 127 Å². The van der Waals surface area contributed by atoms with E-state index in [1.165, 1.54) is 23.5 Å². The number of carbonyl (C=O) groups excluding carboxylic acids is 1. The van der Waals surface area contributed by atoms with Crippen LogP contribution >= 0.6 is 11.3 Å². The lowest BCUT2D eigenvalue weighted by atomic mass is 10.1. The molecule has 1 aromatic heterocycles. The summed E-state index contributed by atoms with van der Waals surface area (Å²) in [4.78, 5) is 13.2. The second kappa shape index (κ2) is 7.71. The lowest BCUT2D eigenvalue weighted by Gasteiger charge is -2.07. The molecule has 21 heavy (non-hydrogen) atoms. The highest BCUT2D eigenvalue weighted by atomic mass is 32.1. The predicted octanol–water partition coefficient (Wildman–Crippen LogP) is 3.19. The van der Waals surface area contributed by atoms with Crippen molar-refractivity contribution in [1.82, 2.24) is 5.32 Å². The van der Waals surface area contributed by atoms with E-state index in [0.29, 0.717) is 18.7 Å². The monoisotopic (exact) mass is 305 g/mol. The van der Waals surface area contributed by atoms with Crippen LogP contribution in [0.5, 0.6) is 0 Å². The van der Waals surface area contributed by atoms with Crippen LogP contribution < -0.4 is 5.32 Å². The smallest absolute Gasteiger partial charge is 0.252 e. The van der Waals surface area contributed by atoms with Gasteiger partial charge in [-0.05, 0) is 35.2 Å². The first kappa shape index (κ1) is 15.4. The number of rotatable bonds is 6. The van der Waals surface area contributed by atoms with E-state index in [2.05, 4.69) is 5.32 Å². The van der Waals surface area contributed by atoms with Gasteiger partial charge in [0.2, 0.25) is 0 Å². The average Bonchev–Trinajstić information content (AvgIpc) is 3.00. The Morgan fingerprint density at radius 1 is 1.33 bits per heavy atom. The van der Waals surface area contributed by atoms with E-state index in [9.17, 15) is 9.18 Å². The second-order valence-corrected chi connectivity index (χ2v) is 5.28. The SMILES string of the molecule is COCCNC(=O)C(=Cc1ccc(F)cc1)c1cccs1. The Hall–Kier alpha value is -1.98. The van der Waals surface area contributed by atoms with Crippen LogP contribution in [0, 0.1) is 5.82 Å². The van der Waals surface area contributed by atoms with Gasteiger partial charge in [0.05, 0.1) is 12.2 Å². The van der Waals surface area contributed by atoms with E-state index in [0.717, 1.165) is 10.4 Å². The number of hydrogen-bond acceptors (Lipinski definition) is 3. The quantitative estimate of drug-likeness (QED) is 0.657. The summed E-state index contributed by atoms with van der Waals surface area (Å²) in [6.07, 6.45) is 1.76. The number of methoxy groups -OCH3 is 1. The normalized spacial score (nSPS) is 11.4. The van der Waals surface area contributed by atoms with Gasteiger partial charge < -0.3 is 10.1 Å². The fourth-order valence-corrected chi connectivity index (χ4v) is 2.51. The minimum atomic E-state index is -0.297. The molecule has 0 aliphatic rings. The fraction of sp³-hybridized carbons (Fsp3) is 0.188. The Morgan fingerprint density at radius 2 is 2.10 bits per heavy atom. The van der Waals surface area contributed by atoms with Crippen molar-refractivity contribution in [3.05, 3.63) is 58.0 Å². The Balaban J connectivity index is 2.24. The van der Waals surface area contributed by atoms with E-state index in [1.54, 1.807) is 25.3 Å². The first-order chi connectivity index (χ1) is 10.2. The molecule has 5 heteroatoms. The van der Waals surface area contributed by atoms with Gasteiger partial charge in [0, 0.05) is 18.5 Å². The minimum absolute atomic E-state index is 0.168. The number of nitrogens with one attached hydrogen (secondary N) is 1. The third-order valence-electron chi connectivity index (χ3n) is 2.80. The lowest BCUT2D eigenvalue weighted by molar-refractivity contribution is -0.115. The molecule has 0 spiro atoms. The maximum absolute atomic E-state index is 12.9. The number of thiophene rings is 1. The lowest BCUT2D eigenvalue weighted by Crippen LogP contribution is -2.27. The summed E-state index contributed by atoms with van der Waals surface area (Å²) in [7, 11) is 1.58. The molecule has 1 aromatic carbocycles. The summed E-state index contributed by atoms with van der Waals surface area (Å²) in [5.74, 6) is -0.465. The molecular weight excluding hydrogens is 289 g/mol. The van der Waals surface area contributed by atoms with E-state index in [4.69, 9.17) is 4.74 Å². The van der Waals surface area contributed by atoms with Crippen LogP contribution in [0.2, 0.25) is 0 Å². The van der Waals surface area contributed by atoms with Gasteiger partial charge in [-0.3, -0.25) is 4.79 Å². The van der Waals surface area contributed by atoms with Gasteiger partial charge >= 0.3 is 0 Å². The predicted molar refractivity (Wildman–Crippen MR) is 83.5 cm³/mol. The maximum Gasteiger partial charge on any atom is 0.252 e. The summed E-state index contributed by atoms with van der Waals surface area (Å²) >= 11 is 1.49. The molecule has 0 fully saturated rings. The summed E-state index contributed by atoms with van der Waals surface area (Å²) in [6.45, 7) is 0.904. The minimum Gasteiger partial charge on any atom is -0.383 e. The van der Waals surface area contributed by atoms with Gasteiger partial charge in [-0.15, -0.1) is 11.3 Å². The third-order valence-corrected chi connectivity index (χ3v) is 3.71. The molecule has 0 saturated heterocycles. The molecule has 0 unspecified atom stereocenters. The first-order valence-corrected chi connectivity index (χ1v) is 7.37. The number of hydrogen-bond donors (Lipinski definition) is 1. The molecule has 110 valence electrons. The summed E-state index contributed by atoms with van der Waals surface area (Å²) in [5.41, 5.74) is 1.34. The van der Waals surface area contributed by atoms with Gasteiger partial charge in [-0.1, -0.05) is 18.2 Å². The second-order valence-electron chi connectivity index (χ2n) is 4.34. The molecule has 0 bridgehead atoms. The average molecular weight is 305 g/mol. The molecule has 1 heterocycles. The van der Waals surface area contributed by atoms with Crippen molar-refractivity contribution in [2.75, 3.05) is 20.3 Å². The van der Waals surface area contributed by atoms with Crippen molar-refractivity contribution in [3.63, 3.8) is 0 Å². The Bertz CT molecular complexity index is 606. The number of amides is 1. The molecule has 0 aliphatic carbocycles. The molecule has 0 saturated carbocycles. The third kappa shape index (κ3) is 4.51. The molecule has 3 nitrogen and oxygen atoms in total.